The van der Waals surface area contributed by atoms with Crippen LogP contribution in [0.3, 0.4) is 0 Å². The fourth-order valence-electron chi connectivity index (χ4n) is 1.81. The predicted octanol–water partition coefficient (Wildman–Crippen LogP) is 2.87. The Morgan fingerprint density at radius 3 is 2.15 bits per heavy atom. The zero-order valence-electron chi connectivity index (χ0n) is 12.1. The van der Waals surface area contributed by atoms with Crippen LogP contribution < -0.4 is 9.47 Å². The van der Waals surface area contributed by atoms with Crippen LogP contribution in [0.5, 0.6) is 11.8 Å². The van der Waals surface area contributed by atoms with Crippen LogP contribution in [0.1, 0.15) is 18.6 Å². The van der Waals surface area contributed by atoms with Gasteiger partial charge in [-0.1, -0.05) is 18.2 Å². The molecular formula is C15H18N2O3. The highest BCUT2D eigenvalue weighted by atomic mass is 16.5. The standard InChI is InChI=1S/C15H18N2O3/c1-10(18-2)11-6-5-7-12(8-11)15-16-13(19-3)9-14(17-15)20-4/h5-10H,1-4H3/t10-/m1/s1. The Bertz CT molecular complexity index is 565. The van der Waals surface area contributed by atoms with E-state index in [1.807, 2.05) is 31.2 Å². The van der Waals surface area contributed by atoms with Crippen molar-refractivity contribution in [3.05, 3.63) is 35.9 Å². The van der Waals surface area contributed by atoms with Crippen molar-refractivity contribution < 1.29 is 14.2 Å². The van der Waals surface area contributed by atoms with Crippen molar-refractivity contribution in [2.75, 3.05) is 21.3 Å². The van der Waals surface area contributed by atoms with E-state index in [0.29, 0.717) is 17.6 Å². The van der Waals surface area contributed by atoms with Crippen LogP contribution in [-0.2, 0) is 4.74 Å². The molecule has 5 heteroatoms. The normalized spacial score (nSPS) is 12.0. The Morgan fingerprint density at radius 1 is 0.950 bits per heavy atom. The second-order valence-electron chi connectivity index (χ2n) is 4.28. The van der Waals surface area contributed by atoms with Gasteiger partial charge in [0.15, 0.2) is 5.82 Å². The molecule has 0 aliphatic rings. The lowest BCUT2D eigenvalue weighted by atomic mass is 10.1. The Balaban J connectivity index is 2.45. The molecule has 0 unspecified atom stereocenters. The maximum absolute atomic E-state index is 5.33. The molecule has 20 heavy (non-hydrogen) atoms. The fourth-order valence-corrected chi connectivity index (χ4v) is 1.81. The number of rotatable bonds is 5. The van der Waals surface area contributed by atoms with Gasteiger partial charge in [-0.3, -0.25) is 0 Å². The quantitative estimate of drug-likeness (QED) is 0.839. The molecule has 0 aliphatic carbocycles. The van der Waals surface area contributed by atoms with Crippen LogP contribution in [0.25, 0.3) is 11.4 Å². The zero-order chi connectivity index (χ0) is 14.5. The summed E-state index contributed by atoms with van der Waals surface area (Å²) >= 11 is 0. The molecule has 2 rings (SSSR count). The zero-order valence-corrected chi connectivity index (χ0v) is 12.1. The van der Waals surface area contributed by atoms with E-state index in [2.05, 4.69) is 9.97 Å². The smallest absolute Gasteiger partial charge is 0.220 e. The third-order valence-electron chi connectivity index (χ3n) is 3.07. The first-order valence-electron chi connectivity index (χ1n) is 6.28. The molecule has 1 aromatic carbocycles. The maximum atomic E-state index is 5.33. The molecule has 0 aliphatic heterocycles. The van der Waals surface area contributed by atoms with E-state index < -0.39 is 0 Å². The Hall–Kier alpha value is -2.14. The van der Waals surface area contributed by atoms with Gasteiger partial charge in [-0.25, -0.2) is 0 Å². The SMILES string of the molecule is COc1cc(OC)nc(-c2cccc([C@@H](C)OC)c2)n1. The largest absolute Gasteiger partial charge is 0.481 e. The monoisotopic (exact) mass is 274 g/mol. The number of nitrogens with zero attached hydrogens (tertiary/aromatic N) is 2. The van der Waals surface area contributed by atoms with Crippen molar-refractivity contribution >= 4 is 0 Å². The van der Waals surface area contributed by atoms with E-state index >= 15 is 0 Å². The number of aromatic nitrogens is 2. The predicted molar refractivity (Wildman–Crippen MR) is 76.0 cm³/mol. The molecule has 0 saturated carbocycles. The summed E-state index contributed by atoms with van der Waals surface area (Å²) in [6.45, 7) is 1.99. The summed E-state index contributed by atoms with van der Waals surface area (Å²) in [7, 11) is 4.81. The molecule has 1 heterocycles. The van der Waals surface area contributed by atoms with E-state index in [4.69, 9.17) is 14.2 Å². The second kappa shape index (κ2) is 6.34. The third kappa shape index (κ3) is 3.05. The van der Waals surface area contributed by atoms with Gasteiger partial charge in [0.1, 0.15) is 0 Å². The molecule has 0 amide bonds. The topological polar surface area (TPSA) is 53.5 Å². The van der Waals surface area contributed by atoms with Gasteiger partial charge in [0.25, 0.3) is 0 Å². The number of hydrogen-bond acceptors (Lipinski definition) is 5. The Morgan fingerprint density at radius 2 is 1.60 bits per heavy atom. The van der Waals surface area contributed by atoms with Crippen molar-refractivity contribution in [2.45, 2.75) is 13.0 Å². The highest BCUT2D eigenvalue weighted by Gasteiger charge is 2.10. The molecule has 0 saturated heterocycles. The highest BCUT2D eigenvalue weighted by molar-refractivity contribution is 5.57. The van der Waals surface area contributed by atoms with Crippen LogP contribution in [0.2, 0.25) is 0 Å². The summed E-state index contributed by atoms with van der Waals surface area (Å²) in [5, 5.41) is 0. The third-order valence-corrected chi connectivity index (χ3v) is 3.07. The van der Waals surface area contributed by atoms with E-state index in [1.54, 1.807) is 27.4 Å². The summed E-state index contributed by atoms with van der Waals surface area (Å²) < 4.78 is 15.7. The average Bonchev–Trinajstić information content (AvgIpc) is 2.53. The van der Waals surface area contributed by atoms with Crippen molar-refractivity contribution in [1.29, 1.82) is 0 Å². The summed E-state index contributed by atoms with van der Waals surface area (Å²) in [4.78, 5) is 8.68. The molecule has 0 fully saturated rings. The van der Waals surface area contributed by atoms with Crippen LogP contribution in [0.15, 0.2) is 30.3 Å². The molecular weight excluding hydrogens is 256 g/mol. The maximum Gasteiger partial charge on any atom is 0.220 e. The Labute approximate surface area is 118 Å². The van der Waals surface area contributed by atoms with E-state index in [1.165, 1.54) is 0 Å². The summed E-state index contributed by atoms with van der Waals surface area (Å²) in [5.41, 5.74) is 1.96. The molecule has 1 atom stereocenters. The van der Waals surface area contributed by atoms with Gasteiger partial charge in [-0.15, -0.1) is 0 Å². The van der Waals surface area contributed by atoms with Gasteiger partial charge in [-0.05, 0) is 18.6 Å². The molecule has 0 N–H and O–H groups in total. The van der Waals surface area contributed by atoms with Gasteiger partial charge in [0, 0.05) is 12.7 Å². The first-order chi connectivity index (χ1) is 9.67. The number of hydrogen-bond donors (Lipinski definition) is 0. The molecule has 1 aromatic heterocycles. The van der Waals surface area contributed by atoms with E-state index in [-0.39, 0.29) is 6.10 Å². The van der Waals surface area contributed by atoms with Gasteiger partial charge in [0.2, 0.25) is 11.8 Å². The fraction of sp³-hybridized carbons (Fsp3) is 0.333. The number of benzene rings is 1. The molecule has 5 nitrogen and oxygen atoms in total. The van der Waals surface area contributed by atoms with Crippen LogP contribution in [0, 0.1) is 0 Å². The lowest BCUT2D eigenvalue weighted by molar-refractivity contribution is 0.119. The van der Waals surface area contributed by atoms with Crippen molar-refractivity contribution in [2.24, 2.45) is 0 Å². The summed E-state index contributed by atoms with van der Waals surface area (Å²) in [5.74, 6) is 1.50. The van der Waals surface area contributed by atoms with E-state index in [9.17, 15) is 0 Å². The van der Waals surface area contributed by atoms with Gasteiger partial charge in [-0.2, -0.15) is 9.97 Å². The van der Waals surface area contributed by atoms with Gasteiger partial charge >= 0.3 is 0 Å². The first kappa shape index (κ1) is 14.3. The number of ether oxygens (including phenoxy) is 3. The lowest BCUT2D eigenvalue weighted by Gasteiger charge is -2.11. The molecule has 2 aromatic rings. The van der Waals surface area contributed by atoms with Crippen LogP contribution in [0.4, 0.5) is 0 Å². The molecule has 106 valence electrons. The molecule has 0 bridgehead atoms. The minimum Gasteiger partial charge on any atom is -0.481 e. The Kier molecular flexibility index (Phi) is 4.53. The van der Waals surface area contributed by atoms with Crippen molar-refractivity contribution in [3.8, 4) is 23.1 Å². The molecule has 0 radical (unpaired) electrons. The van der Waals surface area contributed by atoms with Crippen molar-refractivity contribution in [1.82, 2.24) is 9.97 Å². The second-order valence-corrected chi connectivity index (χ2v) is 4.28. The van der Waals surface area contributed by atoms with Crippen LogP contribution in [-0.4, -0.2) is 31.3 Å². The lowest BCUT2D eigenvalue weighted by Crippen LogP contribution is -1.99. The van der Waals surface area contributed by atoms with Gasteiger partial charge in [0.05, 0.1) is 26.4 Å². The van der Waals surface area contributed by atoms with Gasteiger partial charge < -0.3 is 14.2 Å². The van der Waals surface area contributed by atoms with E-state index in [0.717, 1.165) is 11.1 Å². The first-order valence-corrected chi connectivity index (χ1v) is 6.28. The summed E-state index contributed by atoms with van der Waals surface area (Å²) in [6.07, 6.45) is 0.0162. The molecule has 0 spiro atoms. The summed E-state index contributed by atoms with van der Waals surface area (Å²) in [6, 6.07) is 9.55. The minimum absolute atomic E-state index is 0.0162. The van der Waals surface area contributed by atoms with Crippen LogP contribution >= 0.6 is 0 Å². The highest BCUT2D eigenvalue weighted by Crippen LogP contribution is 2.25. The average molecular weight is 274 g/mol. The van der Waals surface area contributed by atoms with Crippen molar-refractivity contribution in [3.63, 3.8) is 0 Å². The number of methoxy groups -OCH3 is 3. The minimum atomic E-state index is 0.0162.